The van der Waals surface area contributed by atoms with Gasteiger partial charge in [-0.1, -0.05) is 24.3 Å². The molecule has 0 bridgehead atoms. The number of carbonyl (C=O) groups is 1. The van der Waals surface area contributed by atoms with Crippen LogP contribution in [0.4, 0.5) is 0 Å². The number of nitrogens with zero attached hydrogens (tertiary/aromatic N) is 3. The van der Waals surface area contributed by atoms with Crippen LogP contribution < -0.4 is 10.9 Å². The second-order valence-electron chi connectivity index (χ2n) is 6.02. The first kappa shape index (κ1) is 16.9. The van der Waals surface area contributed by atoms with Gasteiger partial charge in [0.15, 0.2) is 0 Å². The first-order valence-corrected chi connectivity index (χ1v) is 8.54. The van der Waals surface area contributed by atoms with E-state index >= 15 is 0 Å². The van der Waals surface area contributed by atoms with Gasteiger partial charge in [-0.05, 0) is 34.1 Å². The summed E-state index contributed by atoms with van der Waals surface area (Å²) >= 11 is 3.32. The molecule has 1 fully saturated rings. The summed E-state index contributed by atoms with van der Waals surface area (Å²) in [4.78, 5) is 30.6. The Bertz CT molecular complexity index is 816. The lowest BCUT2D eigenvalue weighted by Gasteiger charge is -2.32. The molecule has 0 spiro atoms. The second kappa shape index (κ2) is 6.86. The van der Waals surface area contributed by atoms with Crippen LogP contribution >= 0.6 is 15.9 Å². The average Bonchev–Trinajstić information content (AvgIpc) is 2.53. The predicted molar refractivity (Wildman–Crippen MR) is 94.8 cm³/mol. The van der Waals surface area contributed by atoms with Crippen molar-refractivity contribution < 1.29 is 4.79 Å². The maximum absolute atomic E-state index is 12.1. The zero-order valence-electron chi connectivity index (χ0n) is 13.6. The smallest absolute Gasteiger partial charge is 0.272 e. The fourth-order valence-electron chi connectivity index (χ4n) is 2.94. The Morgan fingerprint density at radius 2 is 1.96 bits per heavy atom. The quantitative estimate of drug-likeness (QED) is 0.855. The summed E-state index contributed by atoms with van der Waals surface area (Å²) in [5.74, 6) is 0.0269. The van der Waals surface area contributed by atoms with Crippen molar-refractivity contribution in [2.75, 3.05) is 20.1 Å². The van der Waals surface area contributed by atoms with Crippen LogP contribution in [0.1, 0.15) is 22.9 Å². The number of nitrogens with one attached hydrogen (secondary N) is 1. The summed E-state index contributed by atoms with van der Waals surface area (Å²) in [6.07, 6.45) is 2.10. The molecular formula is C17H19BrN4O2. The second-order valence-corrected chi connectivity index (χ2v) is 6.83. The van der Waals surface area contributed by atoms with Crippen molar-refractivity contribution in [3.05, 3.63) is 62.2 Å². The first-order chi connectivity index (χ1) is 11.5. The maximum Gasteiger partial charge on any atom is 0.272 e. The molecule has 0 radical (unpaired) electrons. The van der Waals surface area contributed by atoms with Crippen LogP contribution in [0, 0.1) is 0 Å². The summed E-state index contributed by atoms with van der Waals surface area (Å²) in [5.41, 5.74) is 2.33. The van der Waals surface area contributed by atoms with E-state index in [0.717, 1.165) is 17.7 Å². The van der Waals surface area contributed by atoms with Crippen molar-refractivity contribution in [1.82, 2.24) is 19.8 Å². The number of hydrogen-bond donors (Lipinski definition) is 1. The number of likely N-dealkylation sites (N-methyl/N-ethyl adjacent to an activating group) is 1. The van der Waals surface area contributed by atoms with Gasteiger partial charge in [-0.3, -0.25) is 14.5 Å². The van der Waals surface area contributed by atoms with Crippen LogP contribution in [0.25, 0.3) is 0 Å². The number of aryl methyl sites for hydroxylation is 1. The number of hydrogen-bond acceptors (Lipinski definition) is 4. The maximum atomic E-state index is 12.1. The summed E-state index contributed by atoms with van der Waals surface area (Å²) in [6, 6.07) is 7.54. The minimum atomic E-state index is -0.260. The summed E-state index contributed by atoms with van der Waals surface area (Å²) in [7, 11) is 3.66. The summed E-state index contributed by atoms with van der Waals surface area (Å²) in [5, 5.41) is 2.90. The fraction of sp³-hybridized carbons (Fsp3) is 0.353. The molecule has 3 rings (SSSR count). The Hall–Kier alpha value is -1.99. The lowest BCUT2D eigenvalue weighted by Crippen LogP contribution is -2.48. The summed E-state index contributed by atoms with van der Waals surface area (Å²) in [6.45, 7) is 1.51. The van der Waals surface area contributed by atoms with E-state index in [2.05, 4.69) is 26.2 Å². The Morgan fingerprint density at radius 1 is 1.25 bits per heavy atom. The molecule has 1 amide bonds. The number of benzene rings is 1. The van der Waals surface area contributed by atoms with E-state index in [1.807, 2.05) is 36.2 Å². The third-order valence-electron chi connectivity index (χ3n) is 4.23. The molecule has 1 N–H and O–H groups in total. The van der Waals surface area contributed by atoms with Gasteiger partial charge >= 0.3 is 0 Å². The Kier molecular flexibility index (Phi) is 4.82. The van der Waals surface area contributed by atoms with Crippen LogP contribution in [0.15, 0.2) is 39.9 Å². The lowest BCUT2D eigenvalue weighted by molar-refractivity contribution is -0.128. The highest BCUT2D eigenvalue weighted by Gasteiger charge is 2.28. The van der Waals surface area contributed by atoms with Gasteiger partial charge in [0.2, 0.25) is 5.91 Å². The molecule has 7 heteroatoms. The number of piperazine rings is 1. The highest BCUT2D eigenvalue weighted by molar-refractivity contribution is 9.10. The number of carbonyl (C=O) groups excluding carboxylic acids is 1. The van der Waals surface area contributed by atoms with Crippen molar-refractivity contribution in [2.24, 2.45) is 7.05 Å². The molecule has 1 unspecified atom stereocenters. The molecule has 2 heterocycles. The monoisotopic (exact) mass is 390 g/mol. The van der Waals surface area contributed by atoms with Gasteiger partial charge in [0.25, 0.3) is 5.56 Å². The number of rotatable bonds is 3. The molecule has 1 atom stereocenters. The largest absolute Gasteiger partial charge is 0.353 e. The Morgan fingerprint density at radius 3 is 2.62 bits per heavy atom. The van der Waals surface area contributed by atoms with E-state index in [9.17, 15) is 9.59 Å². The molecule has 1 aromatic carbocycles. The van der Waals surface area contributed by atoms with Crippen LogP contribution in [-0.2, 0) is 18.3 Å². The Labute approximate surface area is 148 Å². The predicted octanol–water partition coefficient (Wildman–Crippen LogP) is 1.24. The SMILES string of the molecule is CN1CCNC(=O)C1c1ccc(Cc2nc(Br)cn(C)c2=O)cc1. The van der Waals surface area contributed by atoms with Crippen LogP contribution in [0.5, 0.6) is 0 Å². The van der Waals surface area contributed by atoms with Gasteiger partial charge in [0.1, 0.15) is 16.3 Å². The van der Waals surface area contributed by atoms with E-state index < -0.39 is 0 Å². The van der Waals surface area contributed by atoms with Gasteiger partial charge in [0, 0.05) is 32.8 Å². The molecule has 24 heavy (non-hydrogen) atoms. The fourth-order valence-corrected chi connectivity index (χ4v) is 3.46. The Balaban J connectivity index is 1.83. The molecule has 0 saturated carbocycles. The zero-order chi connectivity index (χ0) is 17.3. The minimum absolute atomic E-state index is 0.0269. The van der Waals surface area contributed by atoms with Crippen molar-refractivity contribution in [3.8, 4) is 0 Å². The van der Waals surface area contributed by atoms with Crippen molar-refractivity contribution in [3.63, 3.8) is 0 Å². The van der Waals surface area contributed by atoms with Crippen molar-refractivity contribution >= 4 is 21.8 Å². The van der Waals surface area contributed by atoms with Crippen molar-refractivity contribution in [2.45, 2.75) is 12.5 Å². The average molecular weight is 391 g/mol. The number of amides is 1. The normalized spacial score (nSPS) is 18.5. The van der Waals surface area contributed by atoms with E-state index in [1.165, 1.54) is 4.57 Å². The molecule has 6 nitrogen and oxygen atoms in total. The molecule has 0 aliphatic carbocycles. The minimum Gasteiger partial charge on any atom is -0.353 e. The van der Waals surface area contributed by atoms with Crippen LogP contribution in [0.2, 0.25) is 0 Å². The molecule has 2 aromatic rings. The van der Waals surface area contributed by atoms with E-state index in [4.69, 9.17) is 0 Å². The van der Waals surface area contributed by atoms with Gasteiger partial charge < -0.3 is 9.88 Å². The molecule has 1 saturated heterocycles. The first-order valence-electron chi connectivity index (χ1n) is 7.74. The van der Waals surface area contributed by atoms with E-state index in [1.54, 1.807) is 13.2 Å². The third kappa shape index (κ3) is 3.42. The molecule has 1 aliphatic heterocycles. The van der Waals surface area contributed by atoms with Gasteiger partial charge in [-0.2, -0.15) is 0 Å². The van der Waals surface area contributed by atoms with Gasteiger partial charge in [-0.15, -0.1) is 0 Å². The number of aromatic nitrogens is 2. The highest BCUT2D eigenvalue weighted by atomic mass is 79.9. The zero-order valence-corrected chi connectivity index (χ0v) is 15.2. The third-order valence-corrected chi connectivity index (χ3v) is 4.61. The molecule has 126 valence electrons. The van der Waals surface area contributed by atoms with Crippen LogP contribution in [0.3, 0.4) is 0 Å². The topological polar surface area (TPSA) is 67.2 Å². The lowest BCUT2D eigenvalue weighted by atomic mass is 10.00. The van der Waals surface area contributed by atoms with E-state index in [-0.39, 0.29) is 17.5 Å². The molecular weight excluding hydrogens is 372 g/mol. The highest BCUT2D eigenvalue weighted by Crippen LogP contribution is 2.22. The van der Waals surface area contributed by atoms with Gasteiger partial charge in [-0.25, -0.2) is 4.98 Å². The van der Waals surface area contributed by atoms with E-state index in [0.29, 0.717) is 23.3 Å². The molecule has 1 aromatic heterocycles. The standard InChI is InChI=1S/C17H19BrN4O2/c1-21-8-7-19-16(23)15(21)12-5-3-11(4-6-12)9-13-17(24)22(2)10-14(18)20-13/h3-6,10,15H,7-9H2,1-2H3,(H,19,23). The van der Waals surface area contributed by atoms with Crippen LogP contribution in [-0.4, -0.2) is 40.5 Å². The number of halogens is 1. The van der Waals surface area contributed by atoms with Gasteiger partial charge in [0.05, 0.1) is 0 Å². The summed E-state index contributed by atoms with van der Waals surface area (Å²) < 4.78 is 2.15. The van der Waals surface area contributed by atoms with Crippen molar-refractivity contribution in [1.29, 1.82) is 0 Å². The molecule has 1 aliphatic rings.